The van der Waals surface area contributed by atoms with Crippen molar-refractivity contribution in [3.8, 4) is 0 Å². The standard InChI is InChI=1S/C23H24BrClO8S/c1-11(26)30-10-18-20(29)22(31-12(2)27)23(32-13(3)28)21(33-18)14-4-6-17(25)15(8-14)9-16-5-7-19(24)34-16/h4-8,18,20-23,29H,9-10H2,1-3H3/t18-,20-,21?,22?,23+/m1/s1. The third-order valence-electron chi connectivity index (χ3n) is 5.11. The van der Waals surface area contributed by atoms with Gasteiger partial charge in [-0.25, -0.2) is 0 Å². The molecule has 0 aliphatic carbocycles. The lowest BCUT2D eigenvalue weighted by Gasteiger charge is -2.43. The Labute approximate surface area is 214 Å². The highest BCUT2D eigenvalue weighted by Crippen LogP contribution is 2.38. The molecule has 11 heteroatoms. The SMILES string of the molecule is CC(=O)OC[C@H]1OC(c2ccc(Cl)c(Cc3ccc(Br)s3)c2)[C@H](OC(C)=O)C(OC(C)=O)[C@@H]1O. The molecule has 2 heterocycles. The first-order valence-electron chi connectivity index (χ1n) is 10.4. The van der Waals surface area contributed by atoms with Crippen LogP contribution < -0.4 is 0 Å². The molecule has 5 atom stereocenters. The molecule has 2 unspecified atom stereocenters. The first-order chi connectivity index (χ1) is 16.0. The van der Waals surface area contributed by atoms with Gasteiger partial charge in [0, 0.05) is 37.1 Å². The van der Waals surface area contributed by atoms with Gasteiger partial charge < -0.3 is 24.1 Å². The number of ether oxygens (including phenoxy) is 4. The normalized spacial score (nSPS) is 24.4. The van der Waals surface area contributed by atoms with Crippen molar-refractivity contribution in [1.82, 2.24) is 0 Å². The summed E-state index contributed by atoms with van der Waals surface area (Å²) in [6.07, 6.45) is -5.19. The maximum absolute atomic E-state index is 11.9. The number of halogens is 2. The van der Waals surface area contributed by atoms with E-state index < -0.39 is 48.4 Å². The number of thiophene rings is 1. The van der Waals surface area contributed by atoms with Gasteiger partial charge >= 0.3 is 17.9 Å². The fourth-order valence-electron chi connectivity index (χ4n) is 3.72. The second kappa shape index (κ2) is 11.6. The maximum atomic E-state index is 11.9. The molecule has 1 aliphatic rings. The van der Waals surface area contributed by atoms with Gasteiger partial charge in [-0.15, -0.1) is 11.3 Å². The predicted molar refractivity (Wildman–Crippen MR) is 128 cm³/mol. The molecule has 1 aromatic carbocycles. The lowest BCUT2D eigenvalue weighted by molar-refractivity contribution is -0.249. The van der Waals surface area contributed by atoms with Gasteiger partial charge in [0.1, 0.15) is 24.9 Å². The van der Waals surface area contributed by atoms with Crippen LogP contribution >= 0.6 is 38.9 Å². The second-order valence-corrected chi connectivity index (χ2v) is 10.7. The quantitative estimate of drug-likeness (QED) is 0.390. The van der Waals surface area contributed by atoms with E-state index in [2.05, 4.69) is 15.9 Å². The zero-order valence-corrected chi connectivity index (χ0v) is 21.8. The summed E-state index contributed by atoms with van der Waals surface area (Å²) in [5.74, 6) is -1.87. The number of carbonyl (C=O) groups is 3. The van der Waals surface area contributed by atoms with Crippen molar-refractivity contribution in [2.75, 3.05) is 6.61 Å². The molecular weight excluding hydrogens is 552 g/mol. The lowest BCUT2D eigenvalue weighted by Crippen LogP contribution is -2.58. The zero-order valence-electron chi connectivity index (χ0n) is 18.7. The van der Waals surface area contributed by atoms with E-state index in [1.54, 1.807) is 23.5 Å². The van der Waals surface area contributed by atoms with E-state index >= 15 is 0 Å². The highest BCUT2D eigenvalue weighted by molar-refractivity contribution is 9.11. The molecule has 0 radical (unpaired) electrons. The number of hydrogen-bond donors (Lipinski definition) is 1. The van der Waals surface area contributed by atoms with Crippen LogP contribution in [0.1, 0.15) is 42.9 Å². The number of benzene rings is 1. The minimum atomic E-state index is -1.40. The van der Waals surface area contributed by atoms with E-state index in [1.807, 2.05) is 18.2 Å². The van der Waals surface area contributed by atoms with Crippen LogP contribution in [0.15, 0.2) is 34.1 Å². The highest BCUT2D eigenvalue weighted by atomic mass is 79.9. The summed E-state index contributed by atoms with van der Waals surface area (Å²) in [7, 11) is 0. The van der Waals surface area contributed by atoms with Crippen molar-refractivity contribution in [3.05, 3.63) is 55.1 Å². The summed E-state index contributed by atoms with van der Waals surface area (Å²) in [6, 6.07) is 9.17. The summed E-state index contributed by atoms with van der Waals surface area (Å²) < 4.78 is 22.9. The van der Waals surface area contributed by atoms with E-state index in [-0.39, 0.29) is 6.61 Å². The summed E-state index contributed by atoms with van der Waals surface area (Å²) >= 11 is 11.5. The van der Waals surface area contributed by atoms with Crippen molar-refractivity contribution < 1.29 is 38.4 Å². The lowest BCUT2D eigenvalue weighted by atomic mass is 9.89. The number of esters is 3. The first kappa shape index (κ1) is 26.6. The molecule has 1 aliphatic heterocycles. The Hall–Kier alpha value is -1.98. The molecule has 1 fully saturated rings. The summed E-state index contributed by atoms with van der Waals surface area (Å²) in [5.41, 5.74) is 1.41. The largest absolute Gasteiger partial charge is 0.463 e. The van der Waals surface area contributed by atoms with Gasteiger partial charge in [-0.3, -0.25) is 14.4 Å². The van der Waals surface area contributed by atoms with Crippen molar-refractivity contribution in [2.24, 2.45) is 0 Å². The molecule has 1 aromatic heterocycles. The van der Waals surface area contributed by atoms with Crippen LogP contribution in [0.3, 0.4) is 0 Å². The molecule has 1 N–H and O–H groups in total. The number of rotatable bonds is 7. The molecule has 0 amide bonds. The van der Waals surface area contributed by atoms with Gasteiger partial charge in [0.15, 0.2) is 12.2 Å². The molecule has 3 rings (SSSR count). The maximum Gasteiger partial charge on any atom is 0.303 e. The number of hydrogen-bond acceptors (Lipinski definition) is 9. The van der Waals surface area contributed by atoms with Crippen LogP contribution in [-0.2, 0) is 39.8 Å². The van der Waals surface area contributed by atoms with E-state index in [4.69, 9.17) is 30.5 Å². The predicted octanol–water partition coefficient (Wildman–Crippen LogP) is 3.98. The monoisotopic (exact) mass is 574 g/mol. The molecular formula is C23H24BrClO8S. The topological polar surface area (TPSA) is 108 Å². The van der Waals surface area contributed by atoms with E-state index in [1.165, 1.54) is 20.8 Å². The Bertz CT molecular complexity index is 1060. The third-order valence-corrected chi connectivity index (χ3v) is 7.10. The van der Waals surface area contributed by atoms with E-state index in [0.717, 1.165) is 14.2 Å². The zero-order chi connectivity index (χ0) is 25.0. The minimum absolute atomic E-state index is 0.277. The van der Waals surface area contributed by atoms with Crippen LogP contribution in [0, 0.1) is 0 Å². The minimum Gasteiger partial charge on any atom is -0.463 e. The highest BCUT2D eigenvalue weighted by Gasteiger charge is 2.50. The molecule has 0 bridgehead atoms. The van der Waals surface area contributed by atoms with E-state index in [9.17, 15) is 19.5 Å². The van der Waals surface area contributed by atoms with Crippen molar-refractivity contribution in [2.45, 2.75) is 57.7 Å². The van der Waals surface area contributed by atoms with Gasteiger partial charge in [-0.1, -0.05) is 23.7 Å². The van der Waals surface area contributed by atoms with E-state index in [0.29, 0.717) is 17.0 Å². The summed E-state index contributed by atoms with van der Waals surface area (Å²) in [6.45, 7) is 3.34. The van der Waals surface area contributed by atoms with Gasteiger partial charge in [0.2, 0.25) is 0 Å². The third kappa shape index (κ3) is 6.79. The van der Waals surface area contributed by atoms with Gasteiger partial charge in [0.05, 0.1) is 3.79 Å². The van der Waals surface area contributed by atoms with Gasteiger partial charge in [-0.05, 0) is 45.3 Å². The molecule has 2 aromatic rings. The van der Waals surface area contributed by atoms with Gasteiger partial charge in [-0.2, -0.15) is 0 Å². The smallest absolute Gasteiger partial charge is 0.303 e. The Balaban J connectivity index is 1.99. The molecule has 0 spiro atoms. The molecule has 0 saturated carbocycles. The van der Waals surface area contributed by atoms with Gasteiger partial charge in [0.25, 0.3) is 0 Å². The Morgan fingerprint density at radius 1 is 1.06 bits per heavy atom. The van der Waals surface area contributed by atoms with Crippen molar-refractivity contribution in [1.29, 1.82) is 0 Å². The van der Waals surface area contributed by atoms with Crippen LogP contribution in [0.4, 0.5) is 0 Å². The van der Waals surface area contributed by atoms with Crippen LogP contribution in [-0.4, -0.2) is 54.0 Å². The summed E-state index contributed by atoms with van der Waals surface area (Å²) in [5, 5.41) is 11.4. The molecule has 34 heavy (non-hydrogen) atoms. The summed E-state index contributed by atoms with van der Waals surface area (Å²) in [4.78, 5) is 36.1. The van der Waals surface area contributed by atoms with Crippen LogP contribution in [0.5, 0.6) is 0 Å². The Kier molecular flexibility index (Phi) is 9.11. The second-order valence-electron chi connectivity index (χ2n) is 7.77. The fourth-order valence-corrected chi connectivity index (χ4v) is 5.41. The molecule has 8 nitrogen and oxygen atoms in total. The first-order valence-corrected chi connectivity index (χ1v) is 12.4. The molecule has 1 saturated heterocycles. The average molecular weight is 576 g/mol. The van der Waals surface area contributed by atoms with Crippen molar-refractivity contribution in [3.63, 3.8) is 0 Å². The number of aliphatic hydroxyl groups excluding tert-OH is 1. The Morgan fingerprint density at radius 3 is 2.32 bits per heavy atom. The van der Waals surface area contributed by atoms with Crippen LogP contribution in [0.2, 0.25) is 5.02 Å². The fraction of sp³-hybridized carbons (Fsp3) is 0.435. The number of carbonyl (C=O) groups excluding carboxylic acids is 3. The van der Waals surface area contributed by atoms with Crippen molar-refractivity contribution >= 4 is 56.8 Å². The average Bonchev–Trinajstić information content (AvgIpc) is 3.16. The number of aliphatic hydroxyl groups is 1. The molecule has 184 valence electrons. The Morgan fingerprint density at radius 2 is 1.74 bits per heavy atom. The van der Waals surface area contributed by atoms with Crippen LogP contribution in [0.25, 0.3) is 0 Å².